The van der Waals surface area contributed by atoms with Crippen molar-refractivity contribution in [2.45, 2.75) is 18.9 Å². The summed E-state index contributed by atoms with van der Waals surface area (Å²) < 4.78 is 3.12. The zero-order valence-electron chi connectivity index (χ0n) is 14.9. The van der Waals surface area contributed by atoms with E-state index in [2.05, 4.69) is 65.3 Å². The molecule has 0 bridgehead atoms. The van der Waals surface area contributed by atoms with Crippen LogP contribution in [0.4, 0.5) is 0 Å². The van der Waals surface area contributed by atoms with E-state index in [1.807, 2.05) is 22.6 Å². The van der Waals surface area contributed by atoms with Crippen LogP contribution in [0.5, 0.6) is 0 Å². The fourth-order valence-electron chi connectivity index (χ4n) is 3.48. The molecule has 0 radical (unpaired) electrons. The van der Waals surface area contributed by atoms with Crippen molar-refractivity contribution in [3.63, 3.8) is 0 Å². The molecular weight excluding hydrogens is 402 g/mol. The number of aromatic nitrogens is 1. The van der Waals surface area contributed by atoms with Crippen molar-refractivity contribution >= 4 is 34.2 Å². The lowest BCUT2D eigenvalue weighted by molar-refractivity contribution is 0.0782. The van der Waals surface area contributed by atoms with Crippen molar-refractivity contribution in [2.24, 2.45) is 7.05 Å². The predicted octanol–water partition coefficient (Wildman–Crippen LogP) is 4.10. The number of halogens is 2. The van der Waals surface area contributed by atoms with Gasteiger partial charge >= 0.3 is 0 Å². The van der Waals surface area contributed by atoms with E-state index in [1.54, 1.807) is 0 Å². The van der Waals surface area contributed by atoms with E-state index in [1.165, 1.54) is 5.56 Å². The van der Waals surface area contributed by atoms with Gasteiger partial charge in [-0.1, -0.05) is 28.1 Å². The molecule has 136 valence electrons. The first kappa shape index (κ1) is 20.0. The molecule has 1 aliphatic rings. The van der Waals surface area contributed by atoms with Crippen LogP contribution in [0, 0.1) is 0 Å². The van der Waals surface area contributed by atoms with E-state index in [0.717, 1.165) is 41.8 Å². The highest BCUT2D eigenvalue weighted by Gasteiger charge is 2.26. The molecule has 4 nitrogen and oxygen atoms in total. The number of amides is 1. The third kappa shape index (κ3) is 4.10. The molecule has 1 aromatic heterocycles. The third-order valence-corrected chi connectivity index (χ3v) is 5.28. The Morgan fingerprint density at radius 3 is 2.24 bits per heavy atom. The topological polar surface area (TPSA) is 28.5 Å². The molecule has 25 heavy (non-hydrogen) atoms. The Bertz CT molecular complexity index is 721. The van der Waals surface area contributed by atoms with Crippen molar-refractivity contribution in [3.05, 3.63) is 57.8 Å². The first-order valence-electron chi connectivity index (χ1n) is 8.36. The summed E-state index contributed by atoms with van der Waals surface area (Å²) >= 11 is 3.49. The maximum atomic E-state index is 12.7. The van der Waals surface area contributed by atoms with Crippen LogP contribution in [0.1, 0.15) is 40.6 Å². The molecule has 0 aliphatic carbocycles. The smallest absolute Gasteiger partial charge is 0.270 e. The summed E-state index contributed by atoms with van der Waals surface area (Å²) in [6.45, 7) is 1.76. The quantitative estimate of drug-likeness (QED) is 0.736. The molecule has 0 saturated carbocycles. The average molecular weight is 427 g/mol. The van der Waals surface area contributed by atoms with Gasteiger partial charge in [0.25, 0.3) is 5.91 Å². The molecule has 1 fully saturated rings. The van der Waals surface area contributed by atoms with Gasteiger partial charge < -0.3 is 9.47 Å². The number of carbonyl (C=O) groups excluding carboxylic acids is 1. The SMILES string of the molecule is CN(C)C(c1ccc(Br)cc1)c1ccc(C(=O)N2CCCC2)n1C.Cl. The van der Waals surface area contributed by atoms with E-state index in [9.17, 15) is 4.79 Å². The minimum Gasteiger partial charge on any atom is -0.342 e. The minimum atomic E-state index is 0. The van der Waals surface area contributed by atoms with Gasteiger partial charge in [0.15, 0.2) is 0 Å². The number of hydrogen-bond donors (Lipinski definition) is 0. The standard InChI is InChI=1S/C19H24BrN3O.ClH/c1-21(2)18(14-6-8-15(20)9-7-14)16-10-11-17(22(16)3)19(24)23-12-4-5-13-23;/h6-11,18H,4-5,12-13H2,1-3H3;1H. The molecule has 1 unspecified atom stereocenters. The van der Waals surface area contributed by atoms with Crippen molar-refractivity contribution in [3.8, 4) is 0 Å². The van der Waals surface area contributed by atoms with Crippen LogP contribution in [0.15, 0.2) is 40.9 Å². The second-order valence-electron chi connectivity index (χ2n) is 6.62. The summed E-state index contributed by atoms with van der Waals surface area (Å²) in [5.41, 5.74) is 3.12. The van der Waals surface area contributed by atoms with Crippen molar-refractivity contribution < 1.29 is 4.79 Å². The Hall–Kier alpha value is -1.30. The number of rotatable bonds is 4. The lowest BCUT2D eigenvalue weighted by Gasteiger charge is -2.26. The maximum absolute atomic E-state index is 12.7. The highest BCUT2D eigenvalue weighted by Crippen LogP contribution is 2.29. The lowest BCUT2D eigenvalue weighted by Crippen LogP contribution is -2.30. The largest absolute Gasteiger partial charge is 0.342 e. The summed E-state index contributed by atoms with van der Waals surface area (Å²) in [7, 11) is 6.14. The third-order valence-electron chi connectivity index (χ3n) is 4.76. The normalized spacial score (nSPS) is 15.3. The first-order valence-corrected chi connectivity index (χ1v) is 9.15. The predicted molar refractivity (Wildman–Crippen MR) is 107 cm³/mol. The number of hydrogen-bond acceptors (Lipinski definition) is 2. The molecule has 3 rings (SSSR count). The highest BCUT2D eigenvalue weighted by atomic mass is 79.9. The van der Waals surface area contributed by atoms with Gasteiger partial charge in [-0.05, 0) is 56.8 Å². The first-order chi connectivity index (χ1) is 11.5. The van der Waals surface area contributed by atoms with Gasteiger partial charge in [-0.3, -0.25) is 9.69 Å². The highest BCUT2D eigenvalue weighted by molar-refractivity contribution is 9.10. The Balaban J connectivity index is 0.00000225. The van der Waals surface area contributed by atoms with E-state index in [4.69, 9.17) is 0 Å². The van der Waals surface area contributed by atoms with Crippen LogP contribution < -0.4 is 0 Å². The summed E-state index contributed by atoms with van der Waals surface area (Å²) in [5, 5.41) is 0. The number of nitrogens with zero attached hydrogens (tertiary/aromatic N) is 3. The zero-order valence-corrected chi connectivity index (χ0v) is 17.3. The Morgan fingerprint density at radius 2 is 1.68 bits per heavy atom. The van der Waals surface area contributed by atoms with Crippen molar-refractivity contribution in [1.82, 2.24) is 14.4 Å². The average Bonchev–Trinajstić information content (AvgIpc) is 3.20. The van der Waals surface area contributed by atoms with E-state index < -0.39 is 0 Å². The molecule has 0 spiro atoms. The van der Waals surface area contributed by atoms with Crippen molar-refractivity contribution in [2.75, 3.05) is 27.2 Å². The monoisotopic (exact) mass is 425 g/mol. The van der Waals surface area contributed by atoms with Crippen LogP contribution in [-0.2, 0) is 7.05 Å². The van der Waals surface area contributed by atoms with Crippen LogP contribution in [0.2, 0.25) is 0 Å². The van der Waals surface area contributed by atoms with Crippen molar-refractivity contribution in [1.29, 1.82) is 0 Å². The Kier molecular flexibility index (Phi) is 6.72. The molecule has 1 atom stereocenters. The van der Waals surface area contributed by atoms with E-state index >= 15 is 0 Å². The van der Waals surface area contributed by atoms with Gasteiger partial charge in [-0.15, -0.1) is 12.4 Å². The summed E-state index contributed by atoms with van der Waals surface area (Å²) in [5.74, 6) is 0.148. The number of benzene rings is 1. The van der Waals surface area contributed by atoms with Crippen LogP contribution in [0.25, 0.3) is 0 Å². The summed E-state index contributed by atoms with van der Waals surface area (Å²) in [4.78, 5) is 16.9. The number of carbonyl (C=O) groups is 1. The molecule has 1 amide bonds. The molecule has 0 N–H and O–H groups in total. The fraction of sp³-hybridized carbons (Fsp3) is 0.421. The second kappa shape index (κ2) is 8.39. The van der Waals surface area contributed by atoms with Crippen LogP contribution in [0.3, 0.4) is 0 Å². The minimum absolute atomic E-state index is 0. The van der Waals surface area contributed by atoms with Gasteiger partial charge in [-0.2, -0.15) is 0 Å². The molecule has 1 aromatic carbocycles. The molecular formula is C19H25BrClN3O. The summed E-state index contributed by atoms with van der Waals surface area (Å²) in [6, 6.07) is 12.5. The van der Waals surface area contributed by atoms with Crippen LogP contribution >= 0.6 is 28.3 Å². The molecule has 2 heterocycles. The van der Waals surface area contributed by atoms with Gasteiger partial charge in [-0.25, -0.2) is 0 Å². The van der Waals surface area contributed by atoms with Gasteiger partial charge in [0.2, 0.25) is 0 Å². The Morgan fingerprint density at radius 1 is 1.08 bits per heavy atom. The summed E-state index contributed by atoms with van der Waals surface area (Å²) in [6.07, 6.45) is 2.23. The molecule has 1 aliphatic heterocycles. The van der Waals surface area contributed by atoms with Crippen LogP contribution in [-0.4, -0.2) is 47.5 Å². The lowest BCUT2D eigenvalue weighted by atomic mass is 10.0. The van der Waals surface area contributed by atoms with Gasteiger partial charge in [0.1, 0.15) is 5.69 Å². The van der Waals surface area contributed by atoms with Gasteiger partial charge in [0.05, 0.1) is 6.04 Å². The zero-order chi connectivity index (χ0) is 17.3. The van der Waals surface area contributed by atoms with E-state index in [-0.39, 0.29) is 24.4 Å². The van der Waals surface area contributed by atoms with Gasteiger partial charge in [0, 0.05) is 30.3 Å². The fourth-order valence-corrected chi connectivity index (χ4v) is 3.74. The molecule has 6 heteroatoms. The molecule has 1 saturated heterocycles. The van der Waals surface area contributed by atoms with E-state index in [0.29, 0.717) is 0 Å². The number of likely N-dealkylation sites (tertiary alicyclic amines) is 1. The maximum Gasteiger partial charge on any atom is 0.270 e. The second-order valence-corrected chi connectivity index (χ2v) is 7.54. The Labute approximate surface area is 164 Å². The molecule has 2 aromatic rings.